The number of halogens is 1. The summed E-state index contributed by atoms with van der Waals surface area (Å²) in [7, 11) is 2.97. The molecule has 1 saturated heterocycles. The summed E-state index contributed by atoms with van der Waals surface area (Å²) in [5.41, 5.74) is -0.245. The van der Waals surface area contributed by atoms with Crippen LogP contribution in [-0.2, 0) is 11.3 Å². The van der Waals surface area contributed by atoms with Gasteiger partial charge in [-0.05, 0) is 31.9 Å². The van der Waals surface area contributed by atoms with Crippen molar-refractivity contribution in [1.82, 2.24) is 4.90 Å². The Kier molecular flexibility index (Phi) is 5.46. The summed E-state index contributed by atoms with van der Waals surface area (Å²) in [5, 5.41) is 9.54. The third kappa shape index (κ3) is 3.58. The summed E-state index contributed by atoms with van der Waals surface area (Å²) in [6, 6.07) is 2.93. The molecule has 1 heterocycles. The number of hydrogen-bond acceptors (Lipinski definition) is 4. The lowest BCUT2D eigenvalue weighted by Gasteiger charge is -2.39. The van der Waals surface area contributed by atoms with E-state index in [2.05, 4.69) is 0 Å². The number of ether oxygens (including phenoxy) is 2. The van der Waals surface area contributed by atoms with Crippen molar-refractivity contribution in [3.8, 4) is 11.5 Å². The first-order valence-corrected chi connectivity index (χ1v) is 7.82. The van der Waals surface area contributed by atoms with E-state index >= 15 is 0 Å². The number of carboxylic acids is 1. The van der Waals surface area contributed by atoms with Gasteiger partial charge in [-0.15, -0.1) is 0 Å². The number of methoxy groups -OCH3 is 2. The number of likely N-dealkylation sites (tertiary alicyclic amines) is 1. The summed E-state index contributed by atoms with van der Waals surface area (Å²) in [4.78, 5) is 13.6. The monoisotopic (exact) mass is 325 g/mol. The van der Waals surface area contributed by atoms with E-state index in [-0.39, 0.29) is 5.82 Å². The number of aliphatic carboxylic acids is 1. The highest BCUT2D eigenvalue weighted by atomic mass is 19.1. The molecule has 0 aromatic heterocycles. The average Bonchev–Trinajstić information content (AvgIpc) is 2.56. The Morgan fingerprint density at radius 3 is 2.57 bits per heavy atom. The lowest BCUT2D eigenvalue weighted by Crippen LogP contribution is -2.47. The normalized spacial score (nSPS) is 21.9. The molecule has 2 rings (SSSR count). The molecule has 23 heavy (non-hydrogen) atoms. The zero-order chi connectivity index (χ0) is 17.0. The minimum Gasteiger partial charge on any atom is -0.493 e. The number of hydrogen-bond donors (Lipinski definition) is 1. The van der Waals surface area contributed by atoms with Gasteiger partial charge in [-0.3, -0.25) is 9.69 Å². The maximum absolute atomic E-state index is 14.3. The van der Waals surface area contributed by atoms with Gasteiger partial charge in [0.1, 0.15) is 5.82 Å². The van der Waals surface area contributed by atoms with Crippen LogP contribution in [0.3, 0.4) is 0 Å². The lowest BCUT2D eigenvalue weighted by atomic mass is 9.77. The third-order valence-corrected chi connectivity index (χ3v) is 4.73. The molecule has 1 aromatic rings. The fourth-order valence-corrected chi connectivity index (χ4v) is 3.23. The summed E-state index contributed by atoms with van der Waals surface area (Å²) >= 11 is 0. The molecule has 6 heteroatoms. The molecule has 1 fully saturated rings. The molecule has 0 amide bonds. The number of piperidine rings is 1. The highest BCUT2D eigenvalue weighted by Gasteiger charge is 2.40. The third-order valence-electron chi connectivity index (χ3n) is 4.73. The zero-order valence-corrected chi connectivity index (χ0v) is 13.9. The number of nitrogens with zero attached hydrogens (tertiary/aromatic N) is 1. The van der Waals surface area contributed by atoms with Crippen molar-refractivity contribution in [2.75, 3.05) is 27.3 Å². The summed E-state index contributed by atoms with van der Waals surface area (Å²) < 4.78 is 24.6. The van der Waals surface area contributed by atoms with Gasteiger partial charge in [-0.1, -0.05) is 6.92 Å². The number of benzene rings is 1. The standard InChI is InChI=1S/C17H24FNO4/c1-4-17(16(20)21)6-5-7-19(11-17)10-12-8-14(22-2)15(23-3)9-13(12)18/h8-9H,4-7,10-11H2,1-3H3,(H,20,21)/t17-/m0/s1. The number of carboxylic acid groups (broad SMARTS) is 1. The van der Waals surface area contributed by atoms with E-state index in [1.807, 2.05) is 11.8 Å². The molecule has 0 radical (unpaired) electrons. The first kappa shape index (κ1) is 17.5. The Hall–Kier alpha value is -1.82. The molecule has 0 spiro atoms. The van der Waals surface area contributed by atoms with Crippen LogP contribution in [0.4, 0.5) is 4.39 Å². The maximum Gasteiger partial charge on any atom is 0.310 e. The molecule has 5 nitrogen and oxygen atoms in total. The van der Waals surface area contributed by atoms with Crippen LogP contribution in [0.2, 0.25) is 0 Å². The van der Waals surface area contributed by atoms with Crippen LogP contribution in [-0.4, -0.2) is 43.3 Å². The quantitative estimate of drug-likeness (QED) is 0.871. The van der Waals surface area contributed by atoms with Crippen molar-refractivity contribution in [1.29, 1.82) is 0 Å². The van der Waals surface area contributed by atoms with Gasteiger partial charge in [-0.25, -0.2) is 4.39 Å². The van der Waals surface area contributed by atoms with Crippen molar-refractivity contribution >= 4 is 5.97 Å². The smallest absolute Gasteiger partial charge is 0.310 e. The van der Waals surface area contributed by atoms with Gasteiger partial charge < -0.3 is 14.6 Å². The topological polar surface area (TPSA) is 59.0 Å². The SMILES string of the molecule is CC[C@]1(C(=O)O)CCCN(Cc2cc(OC)c(OC)cc2F)C1. The fraction of sp³-hybridized carbons (Fsp3) is 0.588. The van der Waals surface area contributed by atoms with E-state index in [0.717, 1.165) is 13.0 Å². The molecule has 0 aliphatic carbocycles. The Balaban J connectivity index is 2.20. The predicted molar refractivity (Wildman–Crippen MR) is 84.4 cm³/mol. The predicted octanol–water partition coefficient (Wildman–Crippen LogP) is 2.92. The van der Waals surface area contributed by atoms with Gasteiger partial charge in [-0.2, -0.15) is 0 Å². The molecule has 1 N–H and O–H groups in total. The molecular formula is C17H24FNO4. The maximum atomic E-state index is 14.3. The summed E-state index contributed by atoms with van der Waals surface area (Å²) in [6.45, 7) is 3.46. The van der Waals surface area contributed by atoms with Crippen molar-refractivity contribution in [2.45, 2.75) is 32.7 Å². The van der Waals surface area contributed by atoms with Gasteiger partial charge >= 0.3 is 5.97 Å². The van der Waals surface area contributed by atoms with Crippen molar-refractivity contribution < 1.29 is 23.8 Å². The Morgan fingerprint density at radius 2 is 2.00 bits per heavy atom. The second kappa shape index (κ2) is 7.17. The van der Waals surface area contributed by atoms with Gasteiger partial charge in [0.25, 0.3) is 0 Å². The van der Waals surface area contributed by atoms with Crippen molar-refractivity contribution in [2.24, 2.45) is 5.41 Å². The van der Waals surface area contributed by atoms with Crippen molar-refractivity contribution in [3.63, 3.8) is 0 Å². The molecule has 1 aliphatic rings. The lowest BCUT2D eigenvalue weighted by molar-refractivity contribution is -0.153. The first-order valence-electron chi connectivity index (χ1n) is 7.82. The second-order valence-corrected chi connectivity index (χ2v) is 6.05. The van der Waals surface area contributed by atoms with Crippen LogP contribution in [0.25, 0.3) is 0 Å². The first-order chi connectivity index (χ1) is 11.0. The Labute approximate surface area is 136 Å². The molecule has 0 bridgehead atoms. The highest BCUT2D eigenvalue weighted by molar-refractivity contribution is 5.75. The highest BCUT2D eigenvalue weighted by Crippen LogP contribution is 2.35. The molecule has 128 valence electrons. The Bertz CT molecular complexity index is 578. The minimum absolute atomic E-state index is 0.348. The average molecular weight is 325 g/mol. The minimum atomic E-state index is -0.766. The molecular weight excluding hydrogens is 301 g/mol. The molecule has 0 unspecified atom stereocenters. The van der Waals surface area contributed by atoms with E-state index in [1.165, 1.54) is 20.3 Å². The van der Waals surface area contributed by atoms with E-state index < -0.39 is 11.4 Å². The van der Waals surface area contributed by atoms with Crippen LogP contribution >= 0.6 is 0 Å². The van der Waals surface area contributed by atoms with Crippen LogP contribution in [0, 0.1) is 11.2 Å². The number of carbonyl (C=O) groups is 1. The van der Waals surface area contributed by atoms with Crippen LogP contribution < -0.4 is 9.47 Å². The number of rotatable bonds is 6. The van der Waals surface area contributed by atoms with E-state index in [1.54, 1.807) is 6.07 Å². The van der Waals surface area contributed by atoms with Crippen LogP contribution in [0.15, 0.2) is 12.1 Å². The van der Waals surface area contributed by atoms with Gasteiger partial charge in [0.15, 0.2) is 11.5 Å². The largest absolute Gasteiger partial charge is 0.493 e. The van der Waals surface area contributed by atoms with E-state index in [0.29, 0.717) is 43.0 Å². The summed E-state index contributed by atoms with van der Waals surface area (Å²) in [6.07, 6.45) is 2.05. The summed E-state index contributed by atoms with van der Waals surface area (Å²) in [5.74, 6) is -0.315. The van der Waals surface area contributed by atoms with Gasteiger partial charge in [0.2, 0.25) is 0 Å². The zero-order valence-electron chi connectivity index (χ0n) is 13.9. The molecule has 0 saturated carbocycles. The fourth-order valence-electron chi connectivity index (χ4n) is 3.23. The van der Waals surface area contributed by atoms with E-state index in [9.17, 15) is 14.3 Å². The Morgan fingerprint density at radius 1 is 1.35 bits per heavy atom. The van der Waals surface area contributed by atoms with Gasteiger partial charge in [0.05, 0.1) is 19.6 Å². The van der Waals surface area contributed by atoms with Gasteiger partial charge in [0, 0.05) is 24.7 Å². The van der Waals surface area contributed by atoms with E-state index in [4.69, 9.17) is 9.47 Å². The second-order valence-electron chi connectivity index (χ2n) is 6.05. The van der Waals surface area contributed by atoms with Crippen molar-refractivity contribution in [3.05, 3.63) is 23.5 Å². The molecule has 1 aromatic carbocycles. The van der Waals surface area contributed by atoms with Crippen LogP contribution in [0.1, 0.15) is 31.7 Å². The van der Waals surface area contributed by atoms with Crippen LogP contribution in [0.5, 0.6) is 11.5 Å². The molecule has 1 aliphatic heterocycles. The molecule has 1 atom stereocenters.